The van der Waals surface area contributed by atoms with Gasteiger partial charge in [-0.15, -0.1) is 0 Å². The van der Waals surface area contributed by atoms with E-state index in [-0.39, 0.29) is 24.2 Å². The van der Waals surface area contributed by atoms with E-state index < -0.39 is 0 Å². The molecule has 3 heterocycles. The smallest absolute Gasteiger partial charge is 0.254 e. The third-order valence-electron chi connectivity index (χ3n) is 9.04. The minimum absolute atomic E-state index is 0.0652. The number of ether oxygens (including phenoxy) is 2. The van der Waals surface area contributed by atoms with E-state index in [1.54, 1.807) is 6.26 Å². The first-order valence-corrected chi connectivity index (χ1v) is 14.3. The molecule has 1 amide bonds. The molecule has 3 aliphatic rings. The lowest BCUT2D eigenvalue weighted by atomic mass is 9.68. The number of fused-ring (bicyclic) bond motifs is 3. The summed E-state index contributed by atoms with van der Waals surface area (Å²) in [6.07, 6.45) is 4.65. The van der Waals surface area contributed by atoms with E-state index in [2.05, 4.69) is 82.6 Å². The molecule has 5 nitrogen and oxygen atoms in total. The third kappa shape index (κ3) is 4.54. The summed E-state index contributed by atoms with van der Waals surface area (Å²) in [4.78, 5) is 18.7. The van der Waals surface area contributed by atoms with Crippen LogP contribution in [0.5, 0.6) is 0 Å². The molecule has 0 saturated carbocycles. The van der Waals surface area contributed by atoms with Crippen LogP contribution >= 0.6 is 0 Å². The van der Waals surface area contributed by atoms with Crippen LogP contribution in [0.25, 0.3) is 10.8 Å². The average molecular weight is 531 g/mol. The van der Waals surface area contributed by atoms with Crippen LogP contribution in [0.1, 0.15) is 39.9 Å². The van der Waals surface area contributed by atoms with Gasteiger partial charge in [0.05, 0.1) is 6.04 Å². The number of hydrogen-bond donors (Lipinski definition) is 0. The van der Waals surface area contributed by atoms with Crippen molar-refractivity contribution in [1.29, 1.82) is 0 Å². The highest BCUT2D eigenvalue weighted by Crippen LogP contribution is 2.43. The Kier molecular flexibility index (Phi) is 6.52. The first-order chi connectivity index (χ1) is 19.7. The van der Waals surface area contributed by atoms with Crippen molar-refractivity contribution in [3.63, 3.8) is 0 Å². The molecular formula is C35H34N2O3. The molecule has 3 aliphatic heterocycles. The van der Waals surface area contributed by atoms with Crippen LogP contribution in [-0.2, 0) is 27.9 Å². The fourth-order valence-corrected chi connectivity index (χ4v) is 6.98. The lowest BCUT2D eigenvalue weighted by Gasteiger charge is -2.50. The number of piperidine rings is 1. The minimum Gasteiger partial charge on any atom is -0.462 e. The van der Waals surface area contributed by atoms with Gasteiger partial charge in [-0.05, 0) is 65.9 Å². The molecule has 7 rings (SSSR count). The van der Waals surface area contributed by atoms with Crippen molar-refractivity contribution in [2.24, 2.45) is 0 Å². The predicted octanol–water partition coefficient (Wildman–Crippen LogP) is 6.29. The van der Waals surface area contributed by atoms with Crippen molar-refractivity contribution in [1.82, 2.24) is 9.80 Å². The molecule has 4 aromatic rings. The van der Waals surface area contributed by atoms with E-state index in [1.807, 2.05) is 24.3 Å². The lowest BCUT2D eigenvalue weighted by molar-refractivity contribution is 0.0380. The summed E-state index contributed by atoms with van der Waals surface area (Å²) in [6.45, 7) is 3.55. The summed E-state index contributed by atoms with van der Waals surface area (Å²) in [5.41, 5.74) is 4.70. The fourth-order valence-electron chi connectivity index (χ4n) is 6.98. The fraction of sp³-hybridized carbons (Fsp3) is 0.286. The molecule has 0 bridgehead atoms. The van der Waals surface area contributed by atoms with Crippen molar-refractivity contribution in [3.8, 4) is 0 Å². The van der Waals surface area contributed by atoms with E-state index in [9.17, 15) is 4.79 Å². The first kappa shape index (κ1) is 24.9. The maximum absolute atomic E-state index is 14.1. The summed E-state index contributed by atoms with van der Waals surface area (Å²) in [7, 11) is 0. The molecule has 1 fully saturated rings. The Morgan fingerprint density at radius 1 is 0.850 bits per heavy atom. The summed E-state index contributed by atoms with van der Waals surface area (Å²) in [5.74, 6) is 1.04. The van der Waals surface area contributed by atoms with Gasteiger partial charge in [0, 0.05) is 24.1 Å². The summed E-state index contributed by atoms with van der Waals surface area (Å²) < 4.78 is 11.4. The number of carbonyl (C=O) groups is 1. The van der Waals surface area contributed by atoms with Gasteiger partial charge in [-0.3, -0.25) is 9.69 Å². The molecule has 40 heavy (non-hydrogen) atoms. The second-order valence-corrected chi connectivity index (χ2v) is 11.3. The van der Waals surface area contributed by atoms with E-state index in [0.717, 1.165) is 61.0 Å². The van der Waals surface area contributed by atoms with Crippen molar-refractivity contribution in [2.45, 2.75) is 37.3 Å². The lowest BCUT2D eigenvalue weighted by Crippen LogP contribution is -2.55. The number of carbonyl (C=O) groups excluding carboxylic acids is 1. The molecule has 0 N–H and O–H groups in total. The van der Waals surface area contributed by atoms with Crippen LogP contribution in [0.2, 0.25) is 0 Å². The molecule has 4 aromatic carbocycles. The van der Waals surface area contributed by atoms with Gasteiger partial charge in [-0.1, -0.05) is 91.0 Å². The molecule has 0 aromatic heterocycles. The molecule has 1 spiro atoms. The van der Waals surface area contributed by atoms with Crippen LogP contribution < -0.4 is 0 Å². The van der Waals surface area contributed by atoms with Gasteiger partial charge in [0.1, 0.15) is 6.26 Å². The predicted molar refractivity (Wildman–Crippen MR) is 157 cm³/mol. The zero-order valence-electron chi connectivity index (χ0n) is 22.7. The Morgan fingerprint density at radius 2 is 1.60 bits per heavy atom. The molecule has 202 valence electrons. The molecular weight excluding hydrogens is 496 g/mol. The molecule has 1 atom stereocenters. The van der Waals surface area contributed by atoms with E-state index in [4.69, 9.17) is 9.47 Å². The van der Waals surface area contributed by atoms with Crippen molar-refractivity contribution >= 4 is 16.7 Å². The topological polar surface area (TPSA) is 42.0 Å². The highest BCUT2D eigenvalue weighted by molar-refractivity contribution is 6.07. The minimum atomic E-state index is -0.0652. The number of benzene rings is 4. The van der Waals surface area contributed by atoms with E-state index >= 15 is 0 Å². The monoisotopic (exact) mass is 530 g/mol. The Labute approximate surface area is 235 Å². The van der Waals surface area contributed by atoms with Gasteiger partial charge in [-0.25, -0.2) is 0 Å². The Hall–Kier alpha value is -4.09. The van der Waals surface area contributed by atoms with Crippen LogP contribution in [0.15, 0.2) is 109 Å². The van der Waals surface area contributed by atoms with Crippen LogP contribution in [0.4, 0.5) is 0 Å². The number of likely N-dealkylation sites (tertiary alicyclic amines) is 1. The highest BCUT2D eigenvalue weighted by atomic mass is 16.7. The van der Waals surface area contributed by atoms with Gasteiger partial charge in [0.2, 0.25) is 6.79 Å². The quantitative estimate of drug-likeness (QED) is 0.304. The highest BCUT2D eigenvalue weighted by Gasteiger charge is 2.44. The van der Waals surface area contributed by atoms with Gasteiger partial charge in [0.15, 0.2) is 5.76 Å². The molecule has 1 saturated heterocycles. The van der Waals surface area contributed by atoms with E-state index in [1.165, 1.54) is 16.7 Å². The first-order valence-electron chi connectivity index (χ1n) is 14.3. The normalized spacial score (nSPS) is 19.0. The van der Waals surface area contributed by atoms with Crippen LogP contribution in [0, 0.1) is 0 Å². The summed E-state index contributed by atoms with van der Waals surface area (Å²) >= 11 is 0. The Bertz CT molecular complexity index is 1550. The van der Waals surface area contributed by atoms with Gasteiger partial charge in [-0.2, -0.15) is 0 Å². The van der Waals surface area contributed by atoms with Crippen LogP contribution in [0.3, 0.4) is 0 Å². The molecule has 0 radical (unpaired) electrons. The number of hydrogen-bond acceptors (Lipinski definition) is 4. The second kappa shape index (κ2) is 10.5. The maximum Gasteiger partial charge on any atom is 0.254 e. The largest absolute Gasteiger partial charge is 0.462 e. The standard InChI is InChI=1S/C35H34N2O3/c38-34(30-15-8-13-27-11-4-6-14-29(27)30)37-22-28-12-5-7-16-31(28)35(24-37)17-19-36(20-18-35)32(33-23-39-25-40-33)21-26-9-2-1-3-10-26/h1-16,23,32H,17-22,24-25H2. The Balaban J connectivity index is 1.17. The van der Waals surface area contributed by atoms with Crippen molar-refractivity contribution in [3.05, 3.63) is 131 Å². The Morgan fingerprint density at radius 3 is 2.42 bits per heavy atom. The van der Waals surface area contributed by atoms with Crippen LogP contribution in [-0.4, -0.2) is 48.2 Å². The van der Waals surface area contributed by atoms with Crippen molar-refractivity contribution < 1.29 is 14.3 Å². The molecule has 0 aliphatic carbocycles. The summed E-state index contributed by atoms with van der Waals surface area (Å²) in [6, 6.07) is 33.7. The van der Waals surface area contributed by atoms with Gasteiger partial charge < -0.3 is 14.4 Å². The second-order valence-electron chi connectivity index (χ2n) is 11.3. The molecule has 1 unspecified atom stereocenters. The number of nitrogens with zero attached hydrogens (tertiary/aromatic N) is 2. The average Bonchev–Trinajstić information content (AvgIpc) is 3.55. The zero-order valence-corrected chi connectivity index (χ0v) is 22.7. The van der Waals surface area contributed by atoms with Crippen molar-refractivity contribution in [2.75, 3.05) is 26.4 Å². The van der Waals surface area contributed by atoms with Gasteiger partial charge in [0.25, 0.3) is 5.91 Å². The molecule has 5 heteroatoms. The van der Waals surface area contributed by atoms with Gasteiger partial charge >= 0.3 is 0 Å². The third-order valence-corrected chi connectivity index (χ3v) is 9.04. The number of amides is 1. The zero-order chi connectivity index (χ0) is 26.9. The summed E-state index contributed by atoms with van der Waals surface area (Å²) in [5, 5.41) is 2.12. The van der Waals surface area contributed by atoms with E-state index in [0.29, 0.717) is 6.54 Å². The maximum atomic E-state index is 14.1. The number of rotatable bonds is 5. The SMILES string of the molecule is O=C(c1cccc2ccccc12)N1Cc2ccccc2C2(CCN(C(Cc3ccccc3)C3=COCO3)CC2)C1.